The maximum Gasteiger partial charge on any atom is 0.186 e. The molecule has 0 aromatic heterocycles. The number of rotatable bonds is 1. The minimum atomic E-state index is -1.88. The van der Waals surface area contributed by atoms with Crippen molar-refractivity contribution in [3.63, 3.8) is 0 Å². The molecule has 0 amide bonds. The number of halogens is 1. The molecule has 0 radical (unpaired) electrons. The Kier molecular flexibility index (Phi) is 2.81. The fourth-order valence-corrected chi connectivity index (χ4v) is 2.08. The molecule has 60 valence electrons. The predicted molar refractivity (Wildman–Crippen MR) is 47.9 cm³/mol. The average molecular weight is 235 g/mol. The van der Waals surface area contributed by atoms with Crippen LogP contribution in [0.25, 0.3) is 0 Å². The molecule has 1 aromatic carbocycles. The van der Waals surface area contributed by atoms with Gasteiger partial charge in [-0.05, 0) is 30.7 Å². The highest BCUT2D eigenvalue weighted by Gasteiger charge is 2.00. The van der Waals surface area contributed by atoms with Gasteiger partial charge in [0.1, 0.15) is 0 Å². The molecule has 1 atom stereocenters. The third kappa shape index (κ3) is 2.39. The van der Waals surface area contributed by atoms with E-state index >= 15 is 0 Å². The van der Waals surface area contributed by atoms with E-state index in [0.29, 0.717) is 4.90 Å². The van der Waals surface area contributed by atoms with E-state index in [1.165, 1.54) is 0 Å². The Hall–Kier alpha value is -0.190. The molecule has 0 saturated carbocycles. The quantitative estimate of drug-likeness (QED) is 0.758. The first-order valence-corrected chi connectivity index (χ1v) is 4.87. The molecular formula is C7H7BrO2S. The summed E-state index contributed by atoms with van der Waals surface area (Å²) in [7, 11) is 0. The van der Waals surface area contributed by atoms with Gasteiger partial charge in [-0.15, -0.1) is 0 Å². The molecule has 2 nitrogen and oxygen atoms in total. The normalized spacial score (nSPS) is 13.0. The molecule has 4 heteroatoms. The van der Waals surface area contributed by atoms with Gasteiger partial charge in [-0.3, -0.25) is 0 Å². The van der Waals surface area contributed by atoms with Crippen LogP contribution in [0.2, 0.25) is 0 Å². The van der Waals surface area contributed by atoms with Gasteiger partial charge in [-0.2, -0.15) is 0 Å². The Balaban J connectivity index is 3.19. The van der Waals surface area contributed by atoms with Crippen LogP contribution in [0.1, 0.15) is 5.56 Å². The van der Waals surface area contributed by atoms with Gasteiger partial charge in [-0.25, -0.2) is 4.21 Å². The molecule has 0 heterocycles. The second kappa shape index (κ2) is 3.47. The van der Waals surface area contributed by atoms with Gasteiger partial charge in [0.2, 0.25) is 0 Å². The zero-order chi connectivity index (χ0) is 8.43. The van der Waals surface area contributed by atoms with Gasteiger partial charge in [0.15, 0.2) is 11.1 Å². The highest BCUT2D eigenvalue weighted by molar-refractivity contribution is 9.10. The number of hydrogen-bond acceptors (Lipinski definition) is 1. The number of aryl methyl sites for hydroxylation is 1. The lowest BCUT2D eigenvalue weighted by molar-refractivity contribution is 0.564. The zero-order valence-corrected chi connectivity index (χ0v) is 8.28. The molecular weight excluding hydrogens is 228 g/mol. The lowest BCUT2D eigenvalue weighted by Gasteiger charge is -1.98. The van der Waals surface area contributed by atoms with Crippen molar-refractivity contribution in [1.29, 1.82) is 0 Å². The van der Waals surface area contributed by atoms with Gasteiger partial charge in [-0.1, -0.05) is 15.9 Å². The average Bonchev–Trinajstić information content (AvgIpc) is 1.85. The van der Waals surface area contributed by atoms with E-state index in [0.717, 1.165) is 10.0 Å². The van der Waals surface area contributed by atoms with Crippen LogP contribution in [-0.2, 0) is 11.1 Å². The Bertz CT molecular complexity index is 278. The summed E-state index contributed by atoms with van der Waals surface area (Å²) >= 11 is 1.36. The minimum Gasteiger partial charge on any atom is -0.302 e. The van der Waals surface area contributed by atoms with Crippen molar-refractivity contribution in [1.82, 2.24) is 0 Å². The van der Waals surface area contributed by atoms with E-state index in [1.54, 1.807) is 12.1 Å². The summed E-state index contributed by atoms with van der Waals surface area (Å²) in [4.78, 5) is 0.428. The Labute approximate surface area is 76.0 Å². The smallest absolute Gasteiger partial charge is 0.186 e. The monoisotopic (exact) mass is 234 g/mol. The molecule has 0 bridgehead atoms. The third-order valence-corrected chi connectivity index (χ3v) is 2.31. The van der Waals surface area contributed by atoms with E-state index in [2.05, 4.69) is 15.9 Å². The summed E-state index contributed by atoms with van der Waals surface area (Å²) in [5.74, 6) is 0. The Morgan fingerprint density at radius 3 is 2.55 bits per heavy atom. The second-order valence-corrected chi connectivity index (χ2v) is 4.10. The standard InChI is InChI=1S/C7H7BrO2S/c1-5-2-6(8)4-7(3-5)11(9)10/h2-4H,1H3,(H,9,10). The summed E-state index contributed by atoms with van der Waals surface area (Å²) in [6, 6.07) is 5.19. The molecule has 1 N–H and O–H groups in total. The fraction of sp³-hybridized carbons (Fsp3) is 0.143. The van der Waals surface area contributed by atoms with Crippen molar-refractivity contribution in [2.45, 2.75) is 11.8 Å². The van der Waals surface area contributed by atoms with Crippen molar-refractivity contribution in [2.24, 2.45) is 0 Å². The summed E-state index contributed by atoms with van der Waals surface area (Å²) in [5, 5.41) is 0. The molecule has 1 unspecified atom stereocenters. The van der Waals surface area contributed by atoms with Crippen LogP contribution in [0, 0.1) is 6.92 Å². The second-order valence-electron chi connectivity index (χ2n) is 2.21. The molecule has 1 rings (SSSR count). The molecule has 0 aliphatic carbocycles. The molecule has 0 saturated heterocycles. The lowest BCUT2D eigenvalue weighted by atomic mass is 10.2. The molecule has 0 aliphatic rings. The largest absolute Gasteiger partial charge is 0.302 e. The van der Waals surface area contributed by atoms with Crippen LogP contribution in [0.5, 0.6) is 0 Å². The third-order valence-electron chi connectivity index (χ3n) is 1.22. The fourth-order valence-electron chi connectivity index (χ4n) is 0.804. The minimum absolute atomic E-state index is 0.428. The maximum absolute atomic E-state index is 10.6. The summed E-state index contributed by atoms with van der Waals surface area (Å²) in [5.41, 5.74) is 0.969. The first kappa shape index (κ1) is 8.90. The summed E-state index contributed by atoms with van der Waals surface area (Å²) in [6.07, 6.45) is 0. The van der Waals surface area contributed by atoms with E-state index in [9.17, 15) is 4.21 Å². The van der Waals surface area contributed by atoms with Crippen LogP contribution in [0.4, 0.5) is 0 Å². The SMILES string of the molecule is Cc1cc(Br)cc(S(=O)O)c1. The van der Waals surface area contributed by atoms with Gasteiger partial charge >= 0.3 is 0 Å². The van der Waals surface area contributed by atoms with E-state index in [4.69, 9.17) is 4.55 Å². The molecule has 1 aromatic rings. The maximum atomic E-state index is 10.6. The number of benzene rings is 1. The molecule has 11 heavy (non-hydrogen) atoms. The highest BCUT2D eigenvalue weighted by Crippen LogP contribution is 2.16. The van der Waals surface area contributed by atoms with E-state index in [-0.39, 0.29) is 0 Å². The number of hydrogen-bond donors (Lipinski definition) is 1. The van der Waals surface area contributed by atoms with Crippen molar-refractivity contribution in [2.75, 3.05) is 0 Å². The summed E-state index contributed by atoms with van der Waals surface area (Å²) in [6.45, 7) is 1.88. The Morgan fingerprint density at radius 1 is 1.45 bits per heavy atom. The predicted octanol–water partition coefficient (Wildman–Crippen LogP) is 2.34. The zero-order valence-electron chi connectivity index (χ0n) is 5.87. The van der Waals surface area contributed by atoms with Crippen molar-refractivity contribution < 1.29 is 8.76 Å². The Morgan fingerprint density at radius 2 is 2.09 bits per heavy atom. The molecule has 0 fully saturated rings. The van der Waals surface area contributed by atoms with Gasteiger partial charge < -0.3 is 4.55 Å². The topological polar surface area (TPSA) is 37.3 Å². The highest BCUT2D eigenvalue weighted by atomic mass is 79.9. The van der Waals surface area contributed by atoms with Crippen LogP contribution in [0.15, 0.2) is 27.6 Å². The lowest BCUT2D eigenvalue weighted by Crippen LogP contribution is -1.88. The van der Waals surface area contributed by atoms with Gasteiger partial charge in [0.25, 0.3) is 0 Å². The van der Waals surface area contributed by atoms with Crippen LogP contribution >= 0.6 is 15.9 Å². The van der Waals surface area contributed by atoms with Crippen molar-refractivity contribution >= 4 is 27.0 Å². The van der Waals surface area contributed by atoms with E-state index < -0.39 is 11.1 Å². The van der Waals surface area contributed by atoms with Crippen LogP contribution in [-0.4, -0.2) is 8.76 Å². The van der Waals surface area contributed by atoms with Crippen molar-refractivity contribution in [3.8, 4) is 0 Å². The van der Waals surface area contributed by atoms with Gasteiger partial charge in [0.05, 0.1) is 4.90 Å². The summed E-state index contributed by atoms with van der Waals surface area (Å²) < 4.78 is 20.1. The molecule has 0 aliphatic heterocycles. The van der Waals surface area contributed by atoms with Crippen LogP contribution < -0.4 is 0 Å². The van der Waals surface area contributed by atoms with Gasteiger partial charge in [0, 0.05) is 4.47 Å². The van der Waals surface area contributed by atoms with E-state index in [1.807, 2.05) is 13.0 Å². The first-order chi connectivity index (χ1) is 5.09. The van der Waals surface area contributed by atoms with Crippen molar-refractivity contribution in [3.05, 3.63) is 28.2 Å². The molecule has 0 spiro atoms. The first-order valence-electron chi connectivity index (χ1n) is 2.97. The van der Waals surface area contributed by atoms with Crippen LogP contribution in [0.3, 0.4) is 0 Å².